The van der Waals surface area contributed by atoms with Gasteiger partial charge in [-0.25, -0.2) is 17.6 Å². The van der Waals surface area contributed by atoms with Gasteiger partial charge >= 0.3 is 18.7 Å². The van der Waals surface area contributed by atoms with Crippen molar-refractivity contribution in [3.63, 3.8) is 0 Å². The lowest BCUT2D eigenvalue weighted by atomic mass is 9.79. The first-order valence-corrected chi connectivity index (χ1v) is 12.6. The number of halogens is 11. The average molecular weight is 648 g/mol. The molecular formula is C30H19F11N2O2. The van der Waals surface area contributed by atoms with Gasteiger partial charge in [-0.05, 0) is 72.1 Å². The highest BCUT2D eigenvalue weighted by atomic mass is 19.4. The number of rotatable bonds is 9. The summed E-state index contributed by atoms with van der Waals surface area (Å²) in [6, 6.07) is 7.91. The Morgan fingerprint density at radius 1 is 0.844 bits per heavy atom. The molecular weight excluding hydrogens is 629 g/mol. The number of aromatic nitrogens is 1. The number of benzene rings is 3. The van der Waals surface area contributed by atoms with Crippen molar-refractivity contribution in [1.29, 1.82) is 0 Å². The van der Waals surface area contributed by atoms with Gasteiger partial charge in [-0.3, -0.25) is 9.78 Å². The van der Waals surface area contributed by atoms with Gasteiger partial charge in [0.25, 0.3) is 5.91 Å². The molecule has 0 saturated carbocycles. The van der Waals surface area contributed by atoms with E-state index in [2.05, 4.69) is 15.0 Å². The number of carbonyl (C=O) groups excluding carboxylic acids is 1. The number of nitrogens with zero attached hydrogens (tertiary/aromatic N) is 1. The Labute approximate surface area is 247 Å². The molecule has 1 N–H and O–H groups in total. The SMILES string of the molecule is Cc1ccc([C@](Cc2ccc(F)c(F)c2)(NC(=O)c2ccc(F)c(C(F)(F)F)c2)c2cc(F)cc(OC(F)(F)C(F)F)c2)nc1. The van der Waals surface area contributed by atoms with Gasteiger partial charge in [0.2, 0.25) is 0 Å². The number of nitrogens with one attached hydrogen (secondary N) is 1. The van der Waals surface area contributed by atoms with Crippen LogP contribution in [0.2, 0.25) is 0 Å². The van der Waals surface area contributed by atoms with Crippen LogP contribution in [0.4, 0.5) is 48.3 Å². The number of ether oxygens (including phenoxy) is 1. The maximum absolute atomic E-state index is 14.9. The molecule has 0 aliphatic carbocycles. The van der Waals surface area contributed by atoms with Crippen molar-refractivity contribution < 1.29 is 57.8 Å². The van der Waals surface area contributed by atoms with Crippen molar-refractivity contribution in [3.8, 4) is 5.75 Å². The second-order valence-corrected chi connectivity index (χ2v) is 9.84. The molecule has 0 bridgehead atoms. The highest BCUT2D eigenvalue weighted by Gasteiger charge is 2.45. The van der Waals surface area contributed by atoms with Crippen molar-refractivity contribution in [2.24, 2.45) is 0 Å². The van der Waals surface area contributed by atoms with E-state index in [0.29, 0.717) is 48.0 Å². The zero-order valence-corrected chi connectivity index (χ0v) is 22.6. The molecule has 0 unspecified atom stereocenters. The molecule has 0 radical (unpaired) electrons. The van der Waals surface area contributed by atoms with Gasteiger partial charge in [0, 0.05) is 24.2 Å². The minimum absolute atomic E-state index is 0.128. The van der Waals surface area contributed by atoms with E-state index >= 15 is 0 Å². The standard InChI is InChI=1S/C30H19F11N2O2/c1-15-2-7-25(42-14-15)28(13-16-3-5-23(33)24(34)8-16,18-10-19(31)12-20(11-18)45-30(40,41)27(35)36)43-26(44)17-4-6-22(32)21(9-17)29(37,38)39/h2-12,14,27H,13H2,1H3,(H,43,44)/t28-/m1/s1. The predicted octanol–water partition coefficient (Wildman–Crippen LogP) is 8.12. The van der Waals surface area contributed by atoms with E-state index in [1.54, 1.807) is 6.92 Å². The van der Waals surface area contributed by atoms with Gasteiger partial charge in [0.05, 0.1) is 11.3 Å². The lowest BCUT2D eigenvalue weighted by Crippen LogP contribution is -2.49. The number of alkyl halides is 7. The molecule has 4 rings (SSSR count). The first-order chi connectivity index (χ1) is 20.9. The molecule has 1 heterocycles. The fourth-order valence-corrected chi connectivity index (χ4v) is 4.42. The van der Waals surface area contributed by atoms with Gasteiger partial charge < -0.3 is 10.1 Å². The second kappa shape index (κ2) is 12.4. The van der Waals surface area contributed by atoms with E-state index in [-0.39, 0.29) is 17.3 Å². The summed E-state index contributed by atoms with van der Waals surface area (Å²) in [5, 5.41) is 2.35. The van der Waals surface area contributed by atoms with Gasteiger partial charge in [-0.2, -0.15) is 30.7 Å². The molecule has 0 aliphatic heterocycles. The Morgan fingerprint density at radius 3 is 2.13 bits per heavy atom. The lowest BCUT2D eigenvalue weighted by Gasteiger charge is -2.36. The van der Waals surface area contributed by atoms with Gasteiger partial charge in [-0.15, -0.1) is 0 Å². The molecule has 3 aromatic carbocycles. The van der Waals surface area contributed by atoms with Crippen LogP contribution < -0.4 is 10.1 Å². The molecule has 0 fully saturated rings. The van der Waals surface area contributed by atoms with Crippen molar-refractivity contribution in [2.75, 3.05) is 0 Å². The monoisotopic (exact) mass is 648 g/mol. The van der Waals surface area contributed by atoms with E-state index in [0.717, 1.165) is 6.07 Å². The zero-order chi connectivity index (χ0) is 33.3. The van der Waals surface area contributed by atoms with E-state index in [9.17, 15) is 53.1 Å². The summed E-state index contributed by atoms with van der Waals surface area (Å²) < 4.78 is 155. The van der Waals surface area contributed by atoms with Crippen LogP contribution >= 0.6 is 0 Å². The zero-order valence-electron chi connectivity index (χ0n) is 22.6. The van der Waals surface area contributed by atoms with Gasteiger partial charge in [0.15, 0.2) is 11.6 Å². The largest absolute Gasteiger partial charge is 0.461 e. The number of amides is 1. The molecule has 4 aromatic rings. The summed E-state index contributed by atoms with van der Waals surface area (Å²) >= 11 is 0. The average Bonchev–Trinajstić information content (AvgIpc) is 2.94. The number of hydrogen-bond donors (Lipinski definition) is 1. The molecule has 45 heavy (non-hydrogen) atoms. The molecule has 0 aliphatic rings. The highest BCUT2D eigenvalue weighted by Crippen LogP contribution is 2.38. The molecule has 15 heteroatoms. The van der Waals surface area contributed by atoms with Crippen LogP contribution in [0.25, 0.3) is 0 Å². The molecule has 0 spiro atoms. The second-order valence-electron chi connectivity index (χ2n) is 9.84. The fraction of sp³-hybridized carbons (Fsp3) is 0.200. The van der Waals surface area contributed by atoms with Crippen molar-refractivity contribution in [1.82, 2.24) is 10.3 Å². The van der Waals surface area contributed by atoms with E-state index in [1.807, 2.05) is 0 Å². The number of pyridine rings is 1. The molecule has 4 nitrogen and oxygen atoms in total. The quantitative estimate of drug-likeness (QED) is 0.187. The molecule has 1 aromatic heterocycles. The van der Waals surface area contributed by atoms with Crippen molar-refractivity contribution in [2.45, 2.75) is 37.6 Å². The Morgan fingerprint density at radius 2 is 1.53 bits per heavy atom. The maximum atomic E-state index is 14.9. The van der Waals surface area contributed by atoms with Crippen LogP contribution in [0.15, 0.2) is 72.9 Å². The van der Waals surface area contributed by atoms with E-state index in [4.69, 9.17) is 0 Å². The van der Waals surface area contributed by atoms with E-state index < -0.39 is 82.3 Å². The lowest BCUT2D eigenvalue weighted by molar-refractivity contribution is -0.253. The van der Waals surface area contributed by atoms with Crippen molar-refractivity contribution >= 4 is 5.91 Å². The minimum atomic E-state index is -5.23. The molecule has 1 amide bonds. The Kier molecular flexibility index (Phi) is 9.12. The first kappa shape index (κ1) is 33.2. The van der Waals surface area contributed by atoms with Crippen LogP contribution in [0.5, 0.6) is 5.75 Å². The summed E-state index contributed by atoms with van der Waals surface area (Å²) in [4.78, 5) is 17.7. The first-order valence-electron chi connectivity index (χ1n) is 12.6. The Balaban J connectivity index is 1.99. The third kappa shape index (κ3) is 7.35. The summed E-state index contributed by atoms with van der Waals surface area (Å²) in [5.74, 6) is -8.26. The Hall–Kier alpha value is -4.69. The van der Waals surface area contributed by atoms with Crippen LogP contribution in [0.3, 0.4) is 0 Å². The minimum Gasteiger partial charge on any atom is -0.428 e. The van der Waals surface area contributed by atoms with Gasteiger partial charge in [0.1, 0.15) is 22.9 Å². The maximum Gasteiger partial charge on any atom is 0.461 e. The summed E-state index contributed by atoms with van der Waals surface area (Å²) in [7, 11) is 0. The van der Waals surface area contributed by atoms with Crippen LogP contribution in [-0.4, -0.2) is 23.4 Å². The van der Waals surface area contributed by atoms with Gasteiger partial charge in [-0.1, -0.05) is 12.1 Å². The third-order valence-electron chi connectivity index (χ3n) is 6.53. The van der Waals surface area contributed by atoms with Crippen LogP contribution in [0, 0.1) is 30.2 Å². The summed E-state index contributed by atoms with van der Waals surface area (Å²) in [6.45, 7) is 1.59. The smallest absolute Gasteiger partial charge is 0.428 e. The molecule has 1 atom stereocenters. The topological polar surface area (TPSA) is 51.2 Å². The van der Waals surface area contributed by atoms with Crippen LogP contribution in [0.1, 0.15) is 38.3 Å². The van der Waals surface area contributed by atoms with Crippen molar-refractivity contribution in [3.05, 3.63) is 130 Å². The van der Waals surface area contributed by atoms with E-state index in [1.165, 1.54) is 18.3 Å². The Bertz CT molecular complexity index is 1710. The molecule has 0 saturated heterocycles. The normalized spacial score (nSPS) is 13.4. The highest BCUT2D eigenvalue weighted by molar-refractivity contribution is 5.95. The number of aryl methyl sites for hydroxylation is 1. The van der Waals surface area contributed by atoms with Crippen LogP contribution in [-0.2, 0) is 18.1 Å². The predicted molar refractivity (Wildman–Crippen MR) is 137 cm³/mol. The third-order valence-corrected chi connectivity index (χ3v) is 6.53. The number of carbonyl (C=O) groups is 1. The number of hydrogen-bond acceptors (Lipinski definition) is 3. The summed E-state index contributed by atoms with van der Waals surface area (Å²) in [6.07, 6.45) is -14.1. The molecule has 238 valence electrons. The summed E-state index contributed by atoms with van der Waals surface area (Å²) in [5.41, 5.74) is -5.27. The fourth-order valence-electron chi connectivity index (χ4n) is 4.42.